The number of imidazole rings is 1. The van der Waals surface area contributed by atoms with Crippen LogP contribution >= 0.6 is 0 Å². The fraction of sp³-hybridized carbons (Fsp3) is 0.250. The number of nitrogens with zero attached hydrogens (tertiary/aromatic N) is 1. The van der Waals surface area contributed by atoms with Crippen molar-refractivity contribution in [2.24, 2.45) is 0 Å². The molecule has 1 aliphatic rings. The van der Waals surface area contributed by atoms with Gasteiger partial charge in [0.15, 0.2) is 0 Å². The molecule has 0 radical (unpaired) electrons. The van der Waals surface area contributed by atoms with Crippen molar-refractivity contribution in [3.63, 3.8) is 0 Å². The second-order valence-electron chi connectivity index (χ2n) is 3.80. The number of aromatic amines is 1. The molecule has 1 fully saturated rings. The highest BCUT2D eigenvalue weighted by atomic mass is 14.9. The lowest BCUT2D eigenvalue weighted by Crippen LogP contribution is -1.87. The number of benzene rings is 1. The average molecular weight is 184 g/mol. The van der Waals surface area contributed by atoms with E-state index in [2.05, 4.69) is 34.2 Å². The first-order valence-electron chi connectivity index (χ1n) is 5.04. The lowest BCUT2D eigenvalue weighted by Gasteiger charge is -2.04. The molecule has 0 unspecified atom stereocenters. The van der Waals surface area contributed by atoms with Crippen molar-refractivity contribution in [2.45, 2.75) is 18.8 Å². The largest absolute Gasteiger partial charge is 0.345 e. The third kappa shape index (κ3) is 1.23. The van der Waals surface area contributed by atoms with Crippen LogP contribution in [0.5, 0.6) is 0 Å². The summed E-state index contributed by atoms with van der Waals surface area (Å²) in [4.78, 5) is 7.47. The van der Waals surface area contributed by atoms with Crippen LogP contribution in [0.1, 0.15) is 24.3 Å². The number of hydrogen-bond acceptors (Lipinski definition) is 1. The number of nitrogens with one attached hydrogen (secondary N) is 1. The normalized spacial score (nSPS) is 15.7. The number of H-pyrrole nitrogens is 1. The molecule has 0 bridgehead atoms. The molecule has 2 nitrogen and oxygen atoms in total. The van der Waals surface area contributed by atoms with E-state index in [1.165, 1.54) is 24.0 Å². The third-order valence-corrected chi connectivity index (χ3v) is 2.73. The zero-order chi connectivity index (χ0) is 9.38. The molecule has 1 saturated carbocycles. The van der Waals surface area contributed by atoms with E-state index >= 15 is 0 Å². The Labute approximate surface area is 83.0 Å². The highest BCUT2D eigenvalue weighted by molar-refractivity contribution is 5.61. The van der Waals surface area contributed by atoms with Crippen LogP contribution in [-0.4, -0.2) is 9.97 Å². The zero-order valence-electron chi connectivity index (χ0n) is 7.90. The SMILES string of the molecule is c1ccc(C2CC2)c(-c2ncc[nH]2)c1. The van der Waals surface area contributed by atoms with Crippen molar-refractivity contribution in [1.82, 2.24) is 9.97 Å². The molecule has 1 aromatic carbocycles. The van der Waals surface area contributed by atoms with Crippen LogP contribution in [0.3, 0.4) is 0 Å². The molecule has 2 aromatic rings. The third-order valence-electron chi connectivity index (χ3n) is 2.73. The molecule has 0 amide bonds. The average Bonchev–Trinajstić information content (AvgIpc) is 2.94. The molecule has 1 heterocycles. The van der Waals surface area contributed by atoms with Gasteiger partial charge in [-0.25, -0.2) is 4.98 Å². The van der Waals surface area contributed by atoms with Gasteiger partial charge in [-0.1, -0.05) is 24.3 Å². The van der Waals surface area contributed by atoms with Gasteiger partial charge in [-0.15, -0.1) is 0 Å². The molecular weight excluding hydrogens is 172 g/mol. The summed E-state index contributed by atoms with van der Waals surface area (Å²) in [5.41, 5.74) is 2.71. The Morgan fingerprint density at radius 2 is 2.07 bits per heavy atom. The minimum atomic E-state index is 0.774. The Morgan fingerprint density at radius 1 is 1.21 bits per heavy atom. The summed E-state index contributed by atoms with van der Waals surface area (Å²) < 4.78 is 0. The maximum Gasteiger partial charge on any atom is 0.137 e. The van der Waals surface area contributed by atoms with Crippen LogP contribution in [0.25, 0.3) is 11.4 Å². The predicted octanol–water partition coefficient (Wildman–Crippen LogP) is 2.95. The van der Waals surface area contributed by atoms with Crippen LogP contribution in [0.15, 0.2) is 36.7 Å². The van der Waals surface area contributed by atoms with Gasteiger partial charge in [0.1, 0.15) is 5.82 Å². The first-order valence-corrected chi connectivity index (χ1v) is 5.04. The van der Waals surface area contributed by atoms with Crippen molar-refractivity contribution in [3.05, 3.63) is 42.2 Å². The first-order chi connectivity index (χ1) is 6.95. The van der Waals surface area contributed by atoms with Gasteiger partial charge >= 0.3 is 0 Å². The Kier molecular flexibility index (Phi) is 1.66. The van der Waals surface area contributed by atoms with E-state index in [1.54, 1.807) is 6.20 Å². The number of hydrogen-bond donors (Lipinski definition) is 1. The van der Waals surface area contributed by atoms with Gasteiger partial charge in [0.05, 0.1) is 0 Å². The second-order valence-corrected chi connectivity index (χ2v) is 3.80. The minimum absolute atomic E-state index is 0.774. The molecule has 1 N–H and O–H groups in total. The molecule has 0 aliphatic heterocycles. The van der Waals surface area contributed by atoms with E-state index in [4.69, 9.17) is 0 Å². The molecular formula is C12H12N2. The van der Waals surface area contributed by atoms with Gasteiger partial charge in [-0.05, 0) is 24.3 Å². The van der Waals surface area contributed by atoms with Crippen LogP contribution in [-0.2, 0) is 0 Å². The Bertz CT molecular complexity index is 427. The quantitative estimate of drug-likeness (QED) is 0.763. The molecule has 14 heavy (non-hydrogen) atoms. The maximum absolute atomic E-state index is 4.30. The van der Waals surface area contributed by atoms with Crippen molar-refractivity contribution in [2.75, 3.05) is 0 Å². The van der Waals surface area contributed by atoms with Crippen LogP contribution in [0, 0.1) is 0 Å². The molecule has 0 atom stereocenters. The Hall–Kier alpha value is -1.57. The summed E-state index contributed by atoms with van der Waals surface area (Å²) in [6.07, 6.45) is 6.34. The van der Waals surface area contributed by atoms with Gasteiger partial charge in [-0.2, -0.15) is 0 Å². The highest BCUT2D eigenvalue weighted by Gasteiger charge is 2.26. The van der Waals surface area contributed by atoms with Crippen molar-refractivity contribution < 1.29 is 0 Å². The van der Waals surface area contributed by atoms with Crippen molar-refractivity contribution >= 4 is 0 Å². The maximum atomic E-state index is 4.30. The van der Waals surface area contributed by atoms with Gasteiger partial charge in [0, 0.05) is 18.0 Å². The predicted molar refractivity (Wildman–Crippen MR) is 56.0 cm³/mol. The molecule has 0 saturated heterocycles. The van der Waals surface area contributed by atoms with Gasteiger partial charge in [0.25, 0.3) is 0 Å². The van der Waals surface area contributed by atoms with E-state index in [1.807, 2.05) is 6.20 Å². The smallest absolute Gasteiger partial charge is 0.137 e. The Morgan fingerprint density at radius 3 is 2.79 bits per heavy atom. The van der Waals surface area contributed by atoms with Gasteiger partial charge < -0.3 is 4.98 Å². The molecule has 3 rings (SSSR count). The molecule has 1 aromatic heterocycles. The number of aromatic nitrogens is 2. The monoisotopic (exact) mass is 184 g/mol. The van der Waals surface area contributed by atoms with E-state index < -0.39 is 0 Å². The van der Waals surface area contributed by atoms with Crippen LogP contribution in [0.2, 0.25) is 0 Å². The summed E-state index contributed by atoms with van der Waals surface area (Å²) >= 11 is 0. The van der Waals surface area contributed by atoms with E-state index in [-0.39, 0.29) is 0 Å². The van der Waals surface area contributed by atoms with E-state index in [9.17, 15) is 0 Å². The van der Waals surface area contributed by atoms with Crippen LogP contribution < -0.4 is 0 Å². The first kappa shape index (κ1) is 7.80. The minimum Gasteiger partial charge on any atom is -0.345 e. The van der Waals surface area contributed by atoms with Crippen molar-refractivity contribution in [3.8, 4) is 11.4 Å². The molecule has 2 heteroatoms. The molecule has 70 valence electrons. The highest BCUT2D eigenvalue weighted by Crippen LogP contribution is 2.43. The van der Waals surface area contributed by atoms with Gasteiger partial charge in [0.2, 0.25) is 0 Å². The zero-order valence-corrected chi connectivity index (χ0v) is 7.90. The van der Waals surface area contributed by atoms with Crippen LogP contribution in [0.4, 0.5) is 0 Å². The topological polar surface area (TPSA) is 28.7 Å². The number of rotatable bonds is 2. The summed E-state index contributed by atoms with van der Waals surface area (Å²) in [6.45, 7) is 0. The van der Waals surface area contributed by atoms with Crippen molar-refractivity contribution in [1.29, 1.82) is 0 Å². The van der Waals surface area contributed by atoms with E-state index in [0.717, 1.165) is 11.7 Å². The summed E-state index contributed by atoms with van der Waals surface area (Å²) in [7, 11) is 0. The summed E-state index contributed by atoms with van der Waals surface area (Å²) in [5, 5.41) is 0. The standard InChI is InChI=1S/C12H12N2/c1-2-4-11(12-13-7-8-14-12)10(3-1)9-5-6-9/h1-4,7-9H,5-6H2,(H,13,14). The fourth-order valence-electron chi connectivity index (χ4n) is 1.88. The summed E-state index contributed by atoms with van der Waals surface area (Å²) in [5.74, 6) is 1.77. The fourth-order valence-corrected chi connectivity index (χ4v) is 1.88. The molecule has 1 aliphatic carbocycles. The van der Waals surface area contributed by atoms with E-state index in [0.29, 0.717) is 0 Å². The second kappa shape index (κ2) is 2.98. The van der Waals surface area contributed by atoms with Gasteiger partial charge in [-0.3, -0.25) is 0 Å². The Balaban J connectivity index is 2.12. The molecule has 0 spiro atoms. The summed E-state index contributed by atoms with van der Waals surface area (Å²) in [6, 6.07) is 8.55. The lowest BCUT2D eigenvalue weighted by atomic mass is 10.0. The lowest BCUT2D eigenvalue weighted by molar-refractivity contribution is 1.12.